The van der Waals surface area contributed by atoms with Gasteiger partial charge in [-0.1, -0.05) is 30.7 Å². The number of carbonyl (C=O) groups is 1. The van der Waals surface area contributed by atoms with E-state index in [1.165, 1.54) is 0 Å². The lowest BCUT2D eigenvalue weighted by molar-refractivity contribution is 0.00578. The lowest BCUT2D eigenvalue weighted by atomic mass is 9.63. The minimum atomic E-state index is -0.409. The van der Waals surface area contributed by atoms with E-state index in [1.807, 2.05) is 59.0 Å². The molecule has 1 aromatic carbocycles. The van der Waals surface area contributed by atoms with Crippen molar-refractivity contribution in [3.8, 4) is 0 Å². The Morgan fingerprint density at radius 3 is 2.20 bits per heavy atom. The number of nitrogens with two attached hydrogens (primary N) is 1. The first-order valence-corrected chi connectivity index (χ1v) is 10.4. The summed E-state index contributed by atoms with van der Waals surface area (Å²) in [5, 5.41) is 0. The fourth-order valence-corrected chi connectivity index (χ4v) is 3.96. The number of hydrogen-bond acceptors (Lipinski definition) is 4. The van der Waals surface area contributed by atoms with Crippen LogP contribution in [0.2, 0.25) is 0 Å². The molecule has 2 aromatic rings. The molecule has 0 spiro atoms. The van der Waals surface area contributed by atoms with Gasteiger partial charge in [0.2, 0.25) is 0 Å². The molecule has 158 valence electrons. The maximum atomic E-state index is 12.5. The Bertz CT molecular complexity index is 974. The van der Waals surface area contributed by atoms with Crippen LogP contribution in [0.1, 0.15) is 63.0 Å². The molecule has 2 aliphatic rings. The number of aryl methyl sites for hydroxylation is 1. The molecule has 4 rings (SSSR count). The summed E-state index contributed by atoms with van der Waals surface area (Å²) < 4.78 is 14.0. The fraction of sp³-hybridized carbons (Fsp3) is 0.500. The summed E-state index contributed by atoms with van der Waals surface area (Å²) in [6.45, 7) is 8.17. The molecule has 0 unspecified atom stereocenters. The normalized spacial score (nSPS) is 22.0. The molecule has 2 N–H and O–H groups in total. The van der Waals surface area contributed by atoms with Crippen LogP contribution in [0.25, 0.3) is 0 Å². The zero-order valence-electron chi connectivity index (χ0n) is 18.3. The van der Waals surface area contributed by atoms with Gasteiger partial charge in [-0.05, 0) is 51.6 Å². The average Bonchev–Trinajstić information content (AvgIpc) is 3.15. The van der Waals surface area contributed by atoms with Gasteiger partial charge in [0.1, 0.15) is 11.5 Å². The Morgan fingerprint density at radius 2 is 1.73 bits per heavy atom. The SMILES string of the molecule is Cn1cnc(C(=O)N=C(N)C2(c3ccc(B4OC(C)(C)C(C)(C)O4)cc3)CCC2)c1. The maximum absolute atomic E-state index is 12.5. The van der Waals surface area contributed by atoms with Gasteiger partial charge in [0, 0.05) is 13.2 Å². The quantitative estimate of drug-likeness (QED) is 0.476. The topological polar surface area (TPSA) is 91.7 Å². The minimum Gasteiger partial charge on any atom is -0.399 e. The van der Waals surface area contributed by atoms with Crippen LogP contribution in [-0.4, -0.2) is 39.6 Å². The molecule has 8 heteroatoms. The van der Waals surface area contributed by atoms with Gasteiger partial charge in [0.25, 0.3) is 5.91 Å². The molecule has 0 bridgehead atoms. The van der Waals surface area contributed by atoms with E-state index >= 15 is 0 Å². The zero-order chi connectivity index (χ0) is 21.7. The smallest absolute Gasteiger partial charge is 0.399 e. The summed E-state index contributed by atoms with van der Waals surface area (Å²) in [5.41, 5.74) is 7.52. The molecule has 2 heterocycles. The molecule has 1 saturated carbocycles. The van der Waals surface area contributed by atoms with Crippen molar-refractivity contribution in [1.82, 2.24) is 9.55 Å². The number of nitrogens with zero attached hydrogens (tertiary/aromatic N) is 3. The fourth-order valence-electron chi connectivity index (χ4n) is 3.96. The molecule has 0 atom stereocenters. The van der Waals surface area contributed by atoms with Crippen molar-refractivity contribution in [2.24, 2.45) is 17.8 Å². The Hall–Kier alpha value is -2.45. The molecular weight excluding hydrogens is 379 g/mol. The molecule has 0 radical (unpaired) electrons. The van der Waals surface area contributed by atoms with Crippen molar-refractivity contribution in [2.75, 3.05) is 0 Å². The van der Waals surface area contributed by atoms with Gasteiger partial charge in [-0.2, -0.15) is 4.99 Å². The monoisotopic (exact) mass is 408 g/mol. The molecule has 1 saturated heterocycles. The molecular formula is C22H29BN4O3. The third kappa shape index (κ3) is 3.38. The van der Waals surface area contributed by atoms with Crippen LogP contribution < -0.4 is 11.2 Å². The van der Waals surface area contributed by atoms with Crippen LogP contribution in [0.4, 0.5) is 0 Å². The van der Waals surface area contributed by atoms with Gasteiger partial charge in [-0.3, -0.25) is 4.79 Å². The molecule has 1 aliphatic carbocycles. The Labute approximate surface area is 177 Å². The Balaban J connectivity index is 1.56. The number of hydrogen-bond donors (Lipinski definition) is 1. The molecule has 1 aromatic heterocycles. The van der Waals surface area contributed by atoms with E-state index in [4.69, 9.17) is 15.0 Å². The predicted octanol–water partition coefficient (Wildman–Crippen LogP) is 2.34. The van der Waals surface area contributed by atoms with Crippen molar-refractivity contribution in [2.45, 2.75) is 63.6 Å². The first kappa shape index (κ1) is 20.8. The molecule has 30 heavy (non-hydrogen) atoms. The van der Waals surface area contributed by atoms with Gasteiger partial charge in [-0.25, -0.2) is 4.98 Å². The van der Waals surface area contributed by atoms with Crippen LogP contribution in [0.5, 0.6) is 0 Å². The van der Waals surface area contributed by atoms with Crippen molar-refractivity contribution < 1.29 is 14.1 Å². The van der Waals surface area contributed by atoms with Crippen LogP contribution >= 0.6 is 0 Å². The standard InChI is InChI=1S/C22H29BN4O3/c1-20(2)21(3,4)30-23(29-20)16-9-7-15(8-10-16)22(11-6-12-22)19(24)26-18(28)17-13-27(5)14-25-17/h7-10,13-14H,6,11-12H2,1-5H3,(H2,24,26,28). The largest absolute Gasteiger partial charge is 0.494 e. The van der Waals surface area contributed by atoms with E-state index in [9.17, 15) is 4.79 Å². The van der Waals surface area contributed by atoms with E-state index in [1.54, 1.807) is 17.1 Å². The van der Waals surface area contributed by atoms with Crippen LogP contribution in [-0.2, 0) is 21.8 Å². The summed E-state index contributed by atoms with van der Waals surface area (Å²) in [6.07, 6.45) is 6.01. The van der Waals surface area contributed by atoms with E-state index in [0.717, 1.165) is 30.3 Å². The zero-order valence-corrected chi connectivity index (χ0v) is 18.3. The number of aliphatic imine (C=N–C) groups is 1. The number of rotatable bonds is 4. The Kier molecular flexibility index (Phi) is 4.90. The third-order valence-corrected chi connectivity index (χ3v) is 6.83. The second kappa shape index (κ2) is 7.06. The first-order valence-electron chi connectivity index (χ1n) is 10.4. The number of imidazole rings is 1. The minimum absolute atomic E-state index is 0.297. The lowest BCUT2D eigenvalue weighted by Gasteiger charge is -2.41. The summed E-state index contributed by atoms with van der Waals surface area (Å²) in [7, 11) is 1.41. The first-order chi connectivity index (χ1) is 14.0. The summed E-state index contributed by atoms with van der Waals surface area (Å²) in [5.74, 6) is -0.0546. The van der Waals surface area contributed by atoms with Crippen molar-refractivity contribution in [1.29, 1.82) is 0 Å². The molecule has 1 amide bonds. The van der Waals surface area contributed by atoms with E-state index in [2.05, 4.69) is 9.98 Å². The number of amidine groups is 1. The molecule has 7 nitrogen and oxygen atoms in total. The second-order valence-corrected chi connectivity index (χ2v) is 9.37. The van der Waals surface area contributed by atoms with Crippen LogP contribution in [0.15, 0.2) is 41.8 Å². The number of benzene rings is 1. The van der Waals surface area contributed by atoms with Gasteiger partial charge in [-0.15, -0.1) is 0 Å². The van der Waals surface area contributed by atoms with Crippen LogP contribution in [0, 0.1) is 0 Å². The number of aromatic nitrogens is 2. The van der Waals surface area contributed by atoms with Gasteiger partial charge >= 0.3 is 7.12 Å². The third-order valence-electron chi connectivity index (χ3n) is 6.83. The predicted molar refractivity (Wildman–Crippen MR) is 117 cm³/mol. The highest BCUT2D eigenvalue weighted by atomic mass is 16.7. The highest BCUT2D eigenvalue weighted by Crippen LogP contribution is 2.44. The highest BCUT2D eigenvalue weighted by Gasteiger charge is 2.52. The summed E-state index contributed by atoms with van der Waals surface area (Å²) in [6, 6.07) is 8.14. The lowest BCUT2D eigenvalue weighted by Crippen LogP contribution is -2.47. The van der Waals surface area contributed by atoms with Crippen molar-refractivity contribution in [3.05, 3.63) is 48.0 Å². The maximum Gasteiger partial charge on any atom is 0.494 e. The van der Waals surface area contributed by atoms with Gasteiger partial charge < -0.3 is 19.6 Å². The highest BCUT2D eigenvalue weighted by molar-refractivity contribution is 6.62. The van der Waals surface area contributed by atoms with Gasteiger partial charge in [0.15, 0.2) is 0 Å². The number of amides is 1. The van der Waals surface area contributed by atoms with Crippen molar-refractivity contribution in [3.63, 3.8) is 0 Å². The summed E-state index contributed by atoms with van der Waals surface area (Å²) in [4.78, 5) is 20.7. The second-order valence-electron chi connectivity index (χ2n) is 9.37. The van der Waals surface area contributed by atoms with Crippen molar-refractivity contribution >= 4 is 24.3 Å². The van der Waals surface area contributed by atoms with Crippen LogP contribution in [0.3, 0.4) is 0 Å². The van der Waals surface area contributed by atoms with E-state index in [0.29, 0.717) is 11.5 Å². The summed E-state index contributed by atoms with van der Waals surface area (Å²) >= 11 is 0. The average molecular weight is 408 g/mol. The molecule has 2 fully saturated rings. The number of carbonyl (C=O) groups excluding carboxylic acids is 1. The molecule has 1 aliphatic heterocycles. The Morgan fingerprint density at radius 1 is 1.13 bits per heavy atom. The van der Waals surface area contributed by atoms with E-state index in [-0.39, 0.29) is 11.2 Å². The van der Waals surface area contributed by atoms with E-state index < -0.39 is 18.4 Å². The van der Waals surface area contributed by atoms with Gasteiger partial charge in [0.05, 0.1) is 22.9 Å².